The summed E-state index contributed by atoms with van der Waals surface area (Å²) in [5.74, 6) is 0.237. The minimum absolute atomic E-state index is 0.0615. The molecule has 0 atom stereocenters. The molecule has 0 aliphatic rings. The molecule has 0 radical (unpaired) electrons. The number of nitriles is 1. The number of anilines is 2. The summed E-state index contributed by atoms with van der Waals surface area (Å²) in [5, 5.41) is 15.5. The van der Waals surface area contributed by atoms with Crippen LogP contribution < -0.4 is 20.1 Å². The molecule has 2 amide bonds. The van der Waals surface area contributed by atoms with E-state index in [0.717, 1.165) is 0 Å². The Labute approximate surface area is 212 Å². The molecule has 35 heavy (non-hydrogen) atoms. The van der Waals surface area contributed by atoms with Crippen molar-refractivity contribution in [3.05, 3.63) is 87.9 Å². The van der Waals surface area contributed by atoms with Crippen molar-refractivity contribution in [2.75, 3.05) is 23.8 Å². The average Bonchev–Trinajstić information content (AvgIpc) is 2.85. The highest BCUT2D eigenvalue weighted by atomic mass is 35.5. The molecule has 0 aliphatic carbocycles. The van der Waals surface area contributed by atoms with Crippen LogP contribution in [0.15, 0.2) is 72.3 Å². The summed E-state index contributed by atoms with van der Waals surface area (Å²) in [6.45, 7) is 2.21. The van der Waals surface area contributed by atoms with Crippen molar-refractivity contribution in [1.29, 1.82) is 5.26 Å². The van der Waals surface area contributed by atoms with Gasteiger partial charge in [0.1, 0.15) is 23.1 Å². The van der Waals surface area contributed by atoms with Crippen LogP contribution in [0.4, 0.5) is 11.4 Å². The van der Waals surface area contributed by atoms with Gasteiger partial charge in [-0.1, -0.05) is 35.3 Å². The Morgan fingerprint density at radius 1 is 0.886 bits per heavy atom. The maximum absolute atomic E-state index is 12.5. The zero-order valence-corrected chi connectivity index (χ0v) is 20.2. The number of amides is 2. The number of carbonyl (C=O) groups excluding carboxylic acids is 2. The molecular formula is C26H21Cl2N3O4. The molecule has 3 aromatic rings. The predicted octanol–water partition coefficient (Wildman–Crippen LogP) is 5.96. The molecule has 2 N–H and O–H groups in total. The van der Waals surface area contributed by atoms with Crippen LogP contribution in [-0.2, 0) is 9.59 Å². The Morgan fingerprint density at radius 2 is 1.51 bits per heavy atom. The monoisotopic (exact) mass is 509 g/mol. The first-order chi connectivity index (χ1) is 16.9. The normalized spacial score (nSPS) is 10.7. The summed E-state index contributed by atoms with van der Waals surface area (Å²) in [4.78, 5) is 24.6. The van der Waals surface area contributed by atoms with E-state index in [4.69, 9.17) is 32.7 Å². The van der Waals surface area contributed by atoms with Gasteiger partial charge >= 0.3 is 0 Å². The third-order valence-electron chi connectivity index (χ3n) is 4.55. The zero-order chi connectivity index (χ0) is 25.2. The van der Waals surface area contributed by atoms with E-state index in [1.165, 1.54) is 6.08 Å². The van der Waals surface area contributed by atoms with Gasteiger partial charge in [0.2, 0.25) is 0 Å². The number of nitrogens with zero attached hydrogens (tertiary/aromatic N) is 1. The zero-order valence-electron chi connectivity index (χ0n) is 18.7. The molecule has 0 saturated heterocycles. The number of ether oxygens (including phenoxy) is 2. The van der Waals surface area contributed by atoms with Crippen molar-refractivity contribution in [1.82, 2.24) is 0 Å². The maximum atomic E-state index is 12.5. The van der Waals surface area contributed by atoms with Crippen molar-refractivity contribution >= 4 is 52.5 Å². The van der Waals surface area contributed by atoms with Crippen molar-refractivity contribution in [3.8, 4) is 17.6 Å². The van der Waals surface area contributed by atoms with Crippen molar-refractivity contribution in [3.63, 3.8) is 0 Å². The molecular weight excluding hydrogens is 489 g/mol. The molecule has 3 rings (SSSR count). The van der Waals surface area contributed by atoms with E-state index < -0.39 is 5.91 Å². The lowest BCUT2D eigenvalue weighted by molar-refractivity contribution is -0.118. The molecule has 0 fully saturated rings. The maximum Gasteiger partial charge on any atom is 0.266 e. The summed E-state index contributed by atoms with van der Waals surface area (Å²) in [6, 6.07) is 20.2. The Morgan fingerprint density at radius 3 is 2.14 bits per heavy atom. The van der Waals surface area contributed by atoms with Gasteiger partial charge in [-0.3, -0.25) is 9.59 Å². The lowest BCUT2D eigenvalue weighted by atomic mass is 10.1. The van der Waals surface area contributed by atoms with E-state index in [-0.39, 0.29) is 18.1 Å². The highest BCUT2D eigenvalue weighted by molar-refractivity contribution is 6.42. The average molecular weight is 510 g/mol. The van der Waals surface area contributed by atoms with Gasteiger partial charge in [0.25, 0.3) is 11.8 Å². The van der Waals surface area contributed by atoms with E-state index in [1.54, 1.807) is 66.7 Å². The molecule has 178 valence electrons. The molecule has 9 heteroatoms. The van der Waals surface area contributed by atoms with Crippen molar-refractivity contribution in [2.45, 2.75) is 6.92 Å². The fraction of sp³-hybridized carbons (Fsp3) is 0.115. The first-order valence-electron chi connectivity index (χ1n) is 10.5. The number of hydrogen-bond acceptors (Lipinski definition) is 5. The number of benzene rings is 3. The molecule has 0 bridgehead atoms. The minimum atomic E-state index is -0.532. The van der Waals surface area contributed by atoms with Gasteiger partial charge in [-0.2, -0.15) is 5.26 Å². The second kappa shape index (κ2) is 12.5. The number of halogens is 2. The molecule has 7 nitrogen and oxygen atoms in total. The topological polar surface area (TPSA) is 100 Å². The number of nitrogens with one attached hydrogen (secondary N) is 2. The number of hydrogen-bond donors (Lipinski definition) is 2. The minimum Gasteiger partial charge on any atom is -0.494 e. The summed E-state index contributed by atoms with van der Waals surface area (Å²) in [7, 11) is 0. The van der Waals surface area contributed by atoms with Gasteiger partial charge in [0.15, 0.2) is 6.61 Å². The van der Waals surface area contributed by atoms with E-state index in [2.05, 4.69) is 10.6 Å². The molecule has 0 saturated carbocycles. The van der Waals surface area contributed by atoms with Gasteiger partial charge < -0.3 is 20.1 Å². The standard InChI is InChI=1S/C26H21Cl2N3O4/c1-2-34-21-10-5-19(6-11-21)31-26(33)18(15-29)13-17-3-8-22(9-4-17)35-16-25(32)30-20-7-12-23(27)24(28)14-20/h3-14H,2,16H2,1H3,(H,30,32)(H,31,33)/b18-13+. The van der Waals surface area contributed by atoms with Crippen molar-refractivity contribution in [2.24, 2.45) is 0 Å². The van der Waals surface area contributed by atoms with Gasteiger partial charge in [0.05, 0.1) is 16.7 Å². The highest BCUT2D eigenvalue weighted by Gasteiger charge is 2.10. The largest absolute Gasteiger partial charge is 0.494 e. The number of rotatable bonds is 9. The summed E-state index contributed by atoms with van der Waals surface area (Å²) in [6.07, 6.45) is 1.46. The van der Waals surface area contributed by atoms with Crippen LogP contribution in [0.2, 0.25) is 10.0 Å². The summed E-state index contributed by atoms with van der Waals surface area (Å²) >= 11 is 11.8. The van der Waals surface area contributed by atoms with Crippen LogP contribution >= 0.6 is 23.2 Å². The Hall–Kier alpha value is -3.99. The molecule has 0 heterocycles. The molecule has 0 unspecified atom stereocenters. The van der Waals surface area contributed by atoms with Crippen LogP contribution in [0.25, 0.3) is 6.08 Å². The fourth-order valence-corrected chi connectivity index (χ4v) is 3.19. The second-order valence-electron chi connectivity index (χ2n) is 7.12. The third kappa shape index (κ3) is 7.78. The van der Waals surface area contributed by atoms with Crippen molar-refractivity contribution < 1.29 is 19.1 Å². The SMILES string of the molecule is CCOc1ccc(NC(=O)/C(C#N)=C/c2ccc(OCC(=O)Nc3ccc(Cl)c(Cl)c3)cc2)cc1. The fourth-order valence-electron chi connectivity index (χ4n) is 2.89. The molecule has 0 aliphatic heterocycles. The van der Waals surface area contributed by atoms with E-state index in [0.29, 0.717) is 45.1 Å². The lowest BCUT2D eigenvalue weighted by Crippen LogP contribution is -2.20. The quantitative estimate of drug-likeness (QED) is 0.274. The second-order valence-corrected chi connectivity index (χ2v) is 7.93. The molecule has 3 aromatic carbocycles. The van der Waals surface area contributed by atoms with Gasteiger partial charge in [-0.25, -0.2) is 0 Å². The molecule has 0 spiro atoms. The Kier molecular flexibility index (Phi) is 9.13. The smallest absolute Gasteiger partial charge is 0.266 e. The van der Waals surface area contributed by atoms with Gasteiger partial charge in [0, 0.05) is 11.4 Å². The van der Waals surface area contributed by atoms with Gasteiger partial charge in [-0.05, 0) is 73.2 Å². The predicted molar refractivity (Wildman–Crippen MR) is 137 cm³/mol. The lowest BCUT2D eigenvalue weighted by Gasteiger charge is -2.09. The highest BCUT2D eigenvalue weighted by Crippen LogP contribution is 2.25. The summed E-state index contributed by atoms with van der Waals surface area (Å²) in [5.41, 5.74) is 1.60. The first-order valence-corrected chi connectivity index (χ1v) is 11.3. The van der Waals surface area contributed by atoms with Gasteiger partial charge in [-0.15, -0.1) is 0 Å². The van der Waals surface area contributed by atoms with Crippen LogP contribution in [0.1, 0.15) is 12.5 Å². The van der Waals surface area contributed by atoms with E-state index >= 15 is 0 Å². The third-order valence-corrected chi connectivity index (χ3v) is 5.29. The Balaban J connectivity index is 1.55. The van der Waals surface area contributed by atoms with Crippen LogP contribution in [0.5, 0.6) is 11.5 Å². The summed E-state index contributed by atoms with van der Waals surface area (Å²) < 4.78 is 10.9. The van der Waals surface area contributed by atoms with E-state index in [1.807, 2.05) is 13.0 Å². The van der Waals surface area contributed by atoms with Crippen LogP contribution in [0, 0.1) is 11.3 Å². The van der Waals surface area contributed by atoms with Crippen LogP contribution in [0.3, 0.4) is 0 Å². The first kappa shape index (κ1) is 25.6. The van der Waals surface area contributed by atoms with E-state index in [9.17, 15) is 14.9 Å². The number of carbonyl (C=O) groups is 2. The van der Waals surface area contributed by atoms with Crippen LogP contribution in [-0.4, -0.2) is 25.0 Å². The molecule has 0 aromatic heterocycles. The Bertz CT molecular complexity index is 1270.